The predicted octanol–water partition coefficient (Wildman–Crippen LogP) is 5.39. The number of nitrogens with zero attached hydrogens (tertiary/aromatic N) is 3. The van der Waals surface area contributed by atoms with Crippen molar-refractivity contribution in [2.45, 2.75) is 57.8 Å². The minimum atomic E-state index is -0.372. The van der Waals surface area contributed by atoms with Crippen molar-refractivity contribution in [3.05, 3.63) is 64.2 Å². The molecular weight excluding hydrogens is 382 g/mol. The smallest absolute Gasteiger partial charge is 0.200 e. The van der Waals surface area contributed by atoms with Gasteiger partial charge in [0.1, 0.15) is 5.75 Å². The van der Waals surface area contributed by atoms with Crippen molar-refractivity contribution in [1.82, 2.24) is 9.91 Å². The number of piperidine rings is 1. The van der Waals surface area contributed by atoms with Gasteiger partial charge in [0.05, 0.1) is 11.8 Å². The Morgan fingerprint density at radius 3 is 2.52 bits per heavy atom. The summed E-state index contributed by atoms with van der Waals surface area (Å²) >= 11 is 6.35. The second-order valence-corrected chi connectivity index (χ2v) is 9.27. The highest BCUT2D eigenvalue weighted by molar-refractivity contribution is 6.30. The molecule has 0 amide bonds. The Balaban J connectivity index is 1.54. The Bertz CT molecular complexity index is 945. The molecule has 4 nitrogen and oxygen atoms in total. The molecule has 0 aromatic heterocycles. The second-order valence-electron chi connectivity index (χ2n) is 8.84. The molecule has 1 atom stereocenters. The average Bonchev–Trinajstić information content (AvgIpc) is 3.16. The van der Waals surface area contributed by atoms with Gasteiger partial charge in [0.15, 0.2) is 0 Å². The third-order valence-electron chi connectivity index (χ3n) is 6.65. The number of hydrogen-bond donors (Lipinski definition) is 0. The van der Waals surface area contributed by atoms with E-state index in [0.717, 1.165) is 54.4 Å². The van der Waals surface area contributed by atoms with Gasteiger partial charge in [-0.1, -0.05) is 41.4 Å². The maximum atomic E-state index is 6.69. The molecule has 0 saturated carbocycles. The van der Waals surface area contributed by atoms with Crippen molar-refractivity contribution in [1.29, 1.82) is 0 Å². The third-order valence-corrected chi connectivity index (χ3v) is 6.89. The summed E-state index contributed by atoms with van der Waals surface area (Å²) in [6.07, 6.45) is 2.79. The monoisotopic (exact) mass is 409 g/mol. The Morgan fingerprint density at radius 2 is 1.83 bits per heavy atom. The maximum absolute atomic E-state index is 6.69. The molecule has 1 unspecified atom stereocenters. The molecule has 0 radical (unpaired) electrons. The Morgan fingerprint density at radius 1 is 1.10 bits per heavy atom. The van der Waals surface area contributed by atoms with Crippen LogP contribution in [0.15, 0.2) is 47.6 Å². The SMILES string of the molecule is Cc1ccc(C2=NN3C(C2)c2cc(Cl)ccc2OC32CCN(C(C)C)CC2)cc1. The minimum absolute atomic E-state index is 0.180. The van der Waals surface area contributed by atoms with E-state index in [1.165, 1.54) is 11.1 Å². The van der Waals surface area contributed by atoms with Crippen LogP contribution < -0.4 is 4.74 Å². The standard InChI is InChI=1S/C24H28ClN3O/c1-16(2)27-12-10-24(11-13-27)28-22(20-14-19(25)8-9-23(20)29-24)15-21(26-28)18-6-4-17(3)5-7-18/h4-9,14,16,22H,10-13,15H2,1-3H3. The van der Waals surface area contributed by atoms with Gasteiger partial charge in [-0.3, -0.25) is 0 Å². The van der Waals surface area contributed by atoms with Crippen LogP contribution in [0.1, 0.15) is 55.8 Å². The van der Waals surface area contributed by atoms with Crippen LogP contribution in [0.2, 0.25) is 5.02 Å². The molecule has 29 heavy (non-hydrogen) atoms. The highest BCUT2D eigenvalue weighted by atomic mass is 35.5. The third kappa shape index (κ3) is 3.23. The highest BCUT2D eigenvalue weighted by Crippen LogP contribution is 2.50. The number of ether oxygens (including phenoxy) is 1. The van der Waals surface area contributed by atoms with Crippen LogP contribution in [-0.4, -0.2) is 40.5 Å². The number of fused-ring (bicyclic) bond motifs is 4. The van der Waals surface area contributed by atoms with E-state index in [4.69, 9.17) is 21.4 Å². The van der Waals surface area contributed by atoms with Crippen LogP contribution in [0.25, 0.3) is 0 Å². The van der Waals surface area contributed by atoms with Crippen molar-refractivity contribution >= 4 is 17.3 Å². The van der Waals surface area contributed by atoms with E-state index in [1.807, 2.05) is 12.1 Å². The zero-order valence-electron chi connectivity index (χ0n) is 17.4. The van der Waals surface area contributed by atoms with Crippen molar-refractivity contribution in [2.24, 2.45) is 5.10 Å². The summed E-state index contributed by atoms with van der Waals surface area (Å²) in [5.41, 5.74) is 4.38. The summed E-state index contributed by atoms with van der Waals surface area (Å²) in [6.45, 7) is 8.71. The molecule has 1 saturated heterocycles. The van der Waals surface area contributed by atoms with Gasteiger partial charge in [0.2, 0.25) is 5.72 Å². The first-order valence-electron chi connectivity index (χ1n) is 10.6. The summed E-state index contributed by atoms with van der Waals surface area (Å²) in [6, 6.07) is 15.4. The van der Waals surface area contributed by atoms with Crippen molar-refractivity contribution in [3.8, 4) is 5.75 Å². The number of rotatable bonds is 2. The van der Waals surface area contributed by atoms with E-state index < -0.39 is 0 Å². The van der Waals surface area contributed by atoms with Crippen molar-refractivity contribution < 1.29 is 4.74 Å². The number of hydrogen-bond acceptors (Lipinski definition) is 4. The lowest BCUT2D eigenvalue weighted by Crippen LogP contribution is -2.59. The molecule has 152 valence electrons. The van der Waals surface area contributed by atoms with E-state index in [0.29, 0.717) is 6.04 Å². The Kier molecular flexibility index (Phi) is 4.60. The molecule has 3 heterocycles. The lowest BCUT2D eigenvalue weighted by atomic mass is 9.90. The van der Waals surface area contributed by atoms with Gasteiger partial charge in [-0.2, -0.15) is 5.10 Å². The molecule has 3 aliphatic heterocycles. The highest BCUT2D eigenvalue weighted by Gasteiger charge is 2.52. The molecule has 0 bridgehead atoms. The zero-order valence-corrected chi connectivity index (χ0v) is 18.1. The lowest BCUT2D eigenvalue weighted by Gasteiger charge is -2.51. The lowest BCUT2D eigenvalue weighted by molar-refractivity contribution is -0.152. The number of halogens is 1. The van der Waals surface area contributed by atoms with E-state index in [1.54, 1.807) is 0 Å². The molecule has 1 fully saturated rings. The number of aryl methyl sites for hydroxylation is 1. The van der Waals surface area contributed by atoms with Crippen LogP contribution in [0.5, 0.6) is 5.75 Å². The second kappa shape index (κ2) is 7.03. The first-order chi connectivity index (χ1) is 13.9. The van der Waals surface area contributed by atoms with E-state index in [2.05, 4.69) is 61.0 Å². The first-order valence-corrected chi connectivity index (χ1v) is 11.0. The van der Waals surface area contributed by atoms with Crippen molar-refractivity contribution in [2.75, 3.05) is 13.1 Å². The predicted molar refractivity (Wildman–Crippen MR) is 118 cm³/mol. The molecule has 2 aromatic rings. The molecule has 5 rings (SSSR count). The molecule has 5 heteroatoms. The van der Waals surface area contributed by atoms with Crippen LogP contribution in [0, 0.1) is 6.92 Å². The molecule has 2 aromatic carbocycles. The number of benzene rings is 2. The van der Waals surface area contributed by atoms with E-state index >= 15 is 0 Å². The van der Waals surface area contributed by atoms with Gasteiger partial charge >= 0.3 is 0 Å². The van der Waals surface area contributed by atoms with Gasteiger partial charge in [-0.25, -0.2) is 5.01 Å². The average molecular weight is 410 g/mol. The van der Waals surface area contributed by atoms with Gasteiger partial charge in [0.25, 0.3) is 0 Å². The van der Waals surface area contributed by atoms with Gasteiger partial charge in [-0.05, 0) is 44.5 Å². The summed E-state index contributed by atoms with van der Waals surface area (Å²) in [5.74, 6) is 0.967. The summed E-state index contributed by atoms with van der Waals surface area (Å²) < 4.78 is 6.69. The summed E-state index contributed by atoms with van der Waals surface area (Å²) in [4.78, 5) is 2.53. The van der Waals surface area contributed by atoms with E-state index in [-0.39, 0.29) is 11.8 Å². The molecule has 1 spiro atoms. The van der Waals surface area contributed by atoms with Crippen LogP contribution >= 0.6 is 11.6 Å². The van der Waals surface area contributed by atoms with Gasteiger partial charge in [-0.15, -0.1) is 0 Å². The summed E-state index contributed by atoms with van der Waals surface area (Å²) in [5, 5.41) is 8.16. The molecule has 3 aliphatic rings. The van der Waals surface area contributed by atoms with Gasteiger partial charge in [0, 0.05) is 49.0 Å². The Labute approximate surface area is 178 Å². The fraction of sp³-hybridized carbons (Fsp3) is 0.458. The number of hydrazone groups is 1. The summed E-state index contributed by atoms with van der Waals surface area (Å²) in [7, 11) is 0. The first kappa shape index (κ1) is 19.0. The minimum Gasteiger partial charge on any atom is -0.466 e. The van der Waals surface area contributed by atoms with Gasteiger partial charge < -0.3 is 9.64 Å². The topological polar surface area (TPSA) is 28.1 Å². The van der Waals surface area contributed by atoms with Crippen LogP contribution in [0.4, 0.5) is 0 Å². The molecule has 0 N–H and O–H groups in total. The molecule has 0 aliphatic carbocycles. The Hall–Kier alpha value is -2.04. The normalized spacial score (nSPS) is 23.0. The van der Waals surface area contributed by atoms with E-state index in [9.17, 15) is 0 Å². The largest absolute Gasteiger partial charge is 0.466 e. The van der Waals surface area contributed by atoms with Crippen LogP contribution in [0.3, 0.4) is 0 Å². The number of likely N-dealkylation sites (tertiary alicyclic amines) is 1. The fourth-order valence-corrected chi connectivity index (χ4v) is 5.07. The zero-order chi connectivity index (χ0) is 20.2. The van der Waals surface area contributed by atoms with Crippen LogP contribution in [-0.2, 0) is 0 Å². The van der Waals surface area contributed by atoms with Crippen molar-refractivity contribution in [3.63, 3.8) is 0 Å². The molecular formula is C24H28ClN3O. The fourth-order valence-electron chi connectivity index (χ4n) is 4.89. The quantitative estimate of drug-likeness (QED) is 0.665. The maximum Gasteiger partial charge on any atom is 0.200 e.